The van der Waals surface area contributed by atoms with Gasteiger partial charge in [-0.15, -0.1) is 10.2 Å². The number of aromatic nitrogens is 4. The Balaban J connectivity index is 1.39. The minimum Gasteiger partial charge on any atom is -0.379 e. The van der Waals surface area contributed by atoms with E-state index in [1.165, 1.54) is 25.7 Å². The molecule has 35 heavy (non-hydrogen) atoms. The van der Waals surface area contributed by atoms with Gasteiger partial charge in [0.25, 0.3) is 0 Å². The van der Waals surface area contributed by atoms with Crippen molar-refractivity contribution >= 4 is 47.1 Å². The van der Waals surface area contributed by atoms with Crippen molar-refractivity contribution in [2.75, 3.05) is 36.8 Å². The number of hydrogen-bond acceptors (Lipinski definition) is 9. The quantitative estimate of drug-likeness (QED) is 0.208. The van der Waals surface area contributed by atoms with Gasteiger partial charge in [0.15, 0.2) is 0 Å². The zero-order valence-electron chi connectivity index (χ0n) is 21.0. The van der Waals surface area contributed by atoms with Crippen molar-refractivity contribution < 1.29 is 9.47 Å². The van der Waals surface area contributed by atoms with Crippen LogP contribution in [-0.2, 0) is 9.47 Å². The summed E-state index contributed by atoms with van der Waals surface area (Å²) in [6.45, 7) is 9.79. The molecule has 2 aliphatic rings. The Labute approximate surface area is 212 Å². The van der Waals surface area contributed by atoms with Gasteiger partial charge in [0.05, 0.1) is 35.6 Å². The Bertz CT molecular complexity index is 1120. The third-order valence-electron chi connectivity index (χ3n) is 6.68. The molecule has 188 valence electrons. The van der Waals surface area contributed by atoms with Gasteiger partial charge in [0.1, 0.15) is 17.6 Å². The zero-order valence-corrected chi connectivity index (χ0v) is 22.8. The molecule has 0 radical (unpaired) electrons. The highest BCUT2D eigenvalue weighted by Crippen LogP contribution is 2.38. The van der Waals surface area contributed by atoms with E-state index in [2.05, 4.69) is 51.1 Å². The van der Waals surface area contributed by atoms with E-state index in [4.69, 9.17) is 14.5 Å². The van der Waals surface area contributed by atoms with E-state index in [9.17, 15) is 0 Å². The van der Waals surface area contributed by atoms with E-state index in [-0.39, 0.29) is 0 Å². The van der Waals surface area contributed by atoms with Crippen LogP contribution in [0.3, 0.4) is 0 Å². The molecule has 0 aromatic carbocycles. The van der Waals surface area contributed by atoms with Crippen molar-refractivity contribution in [2.45, 2.75) is 69.7 Å². The second-order valence-electron chi connectivity index (χ2n) is 10.8. The second kappa shape index (κ2) is 10.9. The van der Waals surface area contributed by atoms with Crippen LogP contribution in [0.1, 0.15) is 43.0 Å². The lowest BCUT2D eigenvalue weighted by molar-refractivity contribution is 0.153. The minimum absolute atomic E-state index is 0.323. The molecular formula is C25H36N6O2SSi. The highest BCUT2D eigenvalue weighted by Gasteiger charge is 2.24. The number of fused-ring (bicyclic) bond motifs is 1. The van der Waals surface area contributed by atoms with Crippen LogP contribution in [0.25, 0.3) is 11.0 Å². The summed E-state index contributed by atoms with van der Waals surface area (Å²) in [5.41, 5.74) is 2.68. The molecular weight excluding hydrogens is 476 g/mol. The van der Waals surface area contributed by atoms with Crippen molar-refractivity contribution in [2.24, 2.45) is 0 Å². The number of nitrogens with zero attached hydrogens (tertiary/aromatic N) is 5. The predicted octanol–water partition coefficient (Wildman–Crippen LogP) is 5.79. The van der Waals surface area contributed by atoms with Crippen molar-refractivity contribution in [1.82, 2.24) is 20.2 Å². The molecule has 3 aromatic rings. The van der Waals surface area contributed by atoms with Gasteiger partial charge in [-0.2, -0.15) is 0 Å². The van der Waals surface area contributed by atoms with Gasteiger partial charge in [-0.1, -0.05) is 43.8 Å². The van der Waals surface area contributed by atoms with E-state index >= 15 is 0 Å². The topological polar surface area (TPSA) is 85.3 Å². The lowest BCUT2D eigenvalue weighted by Gasteiger charge is -2.22. The van der Waals surface area contributed by atoms with Crippen molar-refractivity contribution in [3.05, 3.63) is 29.4 Å². The summed E-state index contributed by atoms with van der Waals surface area (Å²) in [6.07, 6.45) is 7.87. The predicted molar refractivity (Wildman–Crippen MR) is 145 cm³/mol. The first kappa shape index (κ1) is 24.5. The molecule has 3 aromatic heterocycles. The average Bonchev–Trinajstić information content (AvgIpc) is 3.60. The van der Waals surface area contributed by atoms with Gasteiger partial charge in [0, 0.05) is 27.2 Å². The second-order valence-corrected chi connectivity index (χ2v) is 17.4. The van der Waals surface area contributed by atoms with Crippen LogP contribution < -0.4 is 10.2 Å². The van der Waals surface area contributed by atoms with E-state index in [0.29, 0.717) is 18.7 Å². The van der Waals surface area contributed by atoms with Gasteiger partial charge in [0.2, 0.25) is 5.13 Å². The van der Waals surface area contributed by atoms with Crippen LogP contribution in [0.15, 0.2) is 24.4 Å². The first-order valence-corrected chi connectivity index (χ1v) is 17.3. The number of anilines is 3. The molecule has 10 heteroatoms. The van der Waals surface area contributed by atoms with Gasteiger partial charge in [-0.25, -0.2) is 4.98 Å². The maximum Gasteiger partial charge on any atom is 0.215 e. The molecule has 1 saturated heterocycles. The fraction of sp³-hybridized carbons (Fsp3) is 0.600. The number of nitrogens with one attached hydrogen (secondary N) is 1. The SMILES string of the molecule is C[Si](C)(C)CCOCN(c1ccc2ncc(NC3CCOC3)cc2n1)c1nnc(C2CCCC2)s1. The fourth-order valence-corrected chi connectivity index (χ4v) is 6.30. The van der Waals surface area contributed by atoms with Gasteiger partial charge in [-0.05, 0) is 43.5 Å². The van der Waals surface area contributed by atoms with E-state index in [1.54, 1.807) is 11.3 Å². The number of ether oxygens (including phenoxy) is 2. The standard InChI is InChI=1S/C25H36N6O2SSi/c1-35(2,3)13-12-33-17-31(25-30-29-24(34-25)18-6-4-5-7-18)23-9-8-21-22(28-23)14-20(15-26-21)27-19-10-11-32-16-19/h8-9,14-15,18-19,27H,4-7,10-13,16-17H2,1-3H3. The number of pyridine rings is 2. The van der Waals surface area contributed by atoms with Crippen molar-refractivity contribution in [1.29, 1.82) is 0 Å². The number of rotatable bonds is 10. The molecule has 8 nitrogen and oxygen atoms in total. The molecule has 5 rings (SSSR count). The zero-order chi connectivity index (χ0) is 24.3. The molecule has 4 heterocycles. The summed E-state index contributed by atoms with van der Waals surface area (Å²) in [6, 6.07) is 7.54. The smallest absolute Gasteiger partial charge is 0.215 e. The van der Waals surface area contributed by atoms with E-state index < -0.39 is 8.07 Å². The largest absolute Gasteiger partial charge is 0.379 e. The third-order valence-corrected chi connectivity index (χ3v) is 9.49. The molecule has 1 saturated carbocycles. The molecule has 0 bridgehead atoms. The molecule has 1 unspecified atom stereocenters. The molecule has 0 spiro atoms. The maximum atomic E-state index is 6.16. The lowest BCUT2D eigenvalue weighted by Crippen LogP contribution is -2.26. The molecule has 1 atom stereocenters. The van der Waals surface area contributed by atoms with Crippen LogP contribution in [0, 0.1) is 0 Å². The molecule has 1 N–H and O–H groups in total. The van der Waals surface area contributed by atoms with Crippen LogP contribution in [0.2, 0.25) is 25.7 Å². The van der Waals surface area contributed by atoms with Crippen molar-refractivity contribution in [3.8, 4) is 0 Å². The molecule has 1 aliphatic carbocycles. The minimum atomic E-state index is -1.17. The highest BCUT2D eigenvalue weighted by molar-refractivity contribution is 7.15. The summed E-state index contributed by atoms with van der Waals surface area (Å²) in [4.78, 5) is 11.7. The summed E-state index contributed by atoms with van der Waals surface area (Å²) in [5.74, 6) is 1.35. The van der Waals surface area contributed by atoms with Crippen LogP contribution >= 0.6 is 11.3 Å². The monoisotopic (exact) mass is 512 g/mol. The Kier molecular flexibility index (Phi) is 7.61. The average molecular weight is 513 g/mol. The summed E-state index contributed by atoms with van der Waals surface area (Å²) >= 11 is 1.68. The Morgan fingerprint density at radius 1 is 1.14 bits per heavy atom. The highest BCUT2D eigenvalue weighted by atomic mass is 32.1. The Morgan fingerprint density at radius 3 is 2.77 bits per heavy atom. The summed E-state index contributed by atoms with van der Waals surface area (Å²) < 4.78 is 11.7. The Hall–Kier alpha value is -2.14. The number of hydrogen-bond donors (Lipinski definition) is 1. The summed E-state index contributed by atoms with van der Waals surface area (Å²) in [5, 5.41) is 14.6. The molecule has 2 fully saturated rings. The van der Waals surface area contributed by atoms with Gasteiger partial charge >= 0.3 is 0 Å². The van der Waals surface area contributed by atoms with Gasteiger partial charge < -0.3 is 14.8 Å². The third kappa shape index (κ3) is 6.35. The fourth-order valence-electron chi connectivity index (χ4n) is 4.54. The first-order chi connectivity index (χ1) is 16.9. The summed E-state index contributed by atoms with van der Waals surface area (Å²) in [7, 11) is -1.17. The van der Waals surface area contributed by atoms with E-state index in [1.807, 2.05) is 18.3 Å². The van der Waals surface area contributed by atoms with Crippen molar-refractivity contribution in [3.63, 3.8) is 0 Å². The van der Waals surface area contributed by atoms with Gasteiger partial charge in [-0.3, -0.25) is 9.88 Å². The molecule has 0 amide bonds. The lowest BCUT2D eigenvalue weighted by atomic mass is 10.1. The normalized spacial score (nSPS) is 19.0. The molecule has 1 aliphatic heterocycles. The van der Waals surface area contributed by atoms with Crippen LogP contribution in [-0.4, -0.2) is 60.8 Å². The van der Waals surface area contributed by atoms with Crippen LogP contribution in [0.5, 0.6) is 0 Å². The first-order valence-electron chi connectivity index (χ1n) is 12.7. The van der Waals surface area contributed by atoms with Crippen LogP contribution in [0.4, 0.5) is 16.6 Å². The van der Waals surface area contributed by atoms with E-state index in [0.717, 1.165) is 65.0 Å². The Morgan fingerprint density at radius 2 is 2.00 bits per heavy atom. The maximum absolute atomic E-state index is 6.16.